The van der Waals surface area contributed by atoms with Crippen molar-refractivity contribution in [1.82, 2.24) is 10.2 Å². The molecule has 0 radical (unpaired) electrons. The molecule has 2 rings (SSSR count). The molecule has 2 aromatic rings. The molecular weight excluding hydrogens is 548 g/mol. The molecule has 11 heteroatoms. The van der Waals surface area contributed by atoms with Crippen molar-refractivity contribution in [2.45, 2.75) is 91.0 Å². The van der Waals surface area contributed by atoms with Crippen LogP contribution in [-0.4, -0.2) is 51.0 Å². The van der Waals surface area contributed by atoms with Crippen LogP contribution in [0.5, 0.6) is 5.75 Å². The van der Waals surface area contributed by atoms with Gasteiger partial charge in [-0.3, -0.25) is 14.4 Å². The molecule has 0 saturated carbocycles. The number of aromatic hydroxyl groups is 1. The second-order valence-corrected chi connectivity index (χ2v) is 11.9. The Labute approximate surface area is 246 Å². The molecule has 5 N–H and O–H groups in total. The quantitative estimate of drug-likeness (QED) is 0.283. The SMILES string of the molecule is CCC(C)(C)N(C(=O)C(CCC(N)=O)NC(=O)OC(C)(C)C)C(C(=O)Nc1c(C)cccc1Cl)c1cccc(O)c1. The van der Waals surface area contributed by atoms with E-state index in [0.717, 1.165) is 0 Å². The summed E-state index contributed by atoms with van der Waals surface area (Å²) in [6, 6.07) is 8.69. The van der Waals surface area contributed by atoms with Crippen molar-refractivity contribution in [3.8, 4) is 5.75 Å². The molecular formula is C30H41ClN4O6. The van der Waals surface area contributed by atoms with Crippen molar-refractivity contribution in [2.24, 2.45) is 5.73 Å². The van der Waals surface area contributed by atoms with E-state index in [-0.39, 0.29) is 18.6 Å². The summed E-state index contributed by atoms with van der Waals surface area (Å²) in [6.45, 7) is 12.2. The molecule has 10 nitrogen and oxygen atoms in total. The number of carbonyl (C=O) groups is 4. The molecule has 224 valence electrons. The number of halogens is 1. The van der Waals surface area contributed by atoms with Gasteiger partial charge >= 0.3 is 6.09 Å². The number of para-hydroxylation sites is 1. The number of phenolic OH excluding ortho intramolecular Hbond substituents is 1. The Morgan fingerprint density at radius 3 is 2.24 bits per heavy atom. The Morgan fingerprint density at radius 1 is 1.07 bits per heavy atom. The molecule has 2 aromatic carbocycles. The Morgan fingerprint density at radius 2 is 1.71 bits per heavy atom. The number of carbonyl (C=O) groups excluding carboxylic acids is 4. The van der Waals surface area contributed by atoms with Gasteiger partial charge in [0, 0.05) is 12.0 Å². The fourth-order valence-electron chi connectivity index (χ4n) is 4.20. The van der Waals surface area contributed by atoms with Crippen LogP contribution in [0.1, 0.15) is 78.0 Å². The fraction of sp³-hybridized carbons (Fsp3) is 0.467. The van der Waals surface area contributed by atoms with Gasteiger partial charge in [-0.1, -0.05) is 42.8 Å². The smallest absolute Gasteiger partial charge is 0.408 e. The molecule has 0 bridgehead atoms. The van der Waals surface area contributed by atoms with Gasteiger partial charge in [-0.15, -0.1) is 0 Å². The van der Waals surface area contributed by atoms with Crippen LogP contribution in [0.25, 0.3) is 0 Å². The lowest BCUT2D eigenvalue weighted by molar-refractivity contribution is -0.148. The first-order chi connectivity index (χ1) is 19.0. The summed E-state index contributed by atoms with van der Waals surface area (Å²) in [5.74, 6) is -1.99. The number of nitrogens with one attached hydrogen (secondary N) is 2. The van der Waals surface area contributed by atoms with Crippen molar-refractivity contribution in [1.29, 1.82) is 0 Å². The molecule has 0 aliphatic heterocycles. The first kappa shape index (κ1) is 33.4. The minimum atomic E-state index is -1.27. The van der Waals surface area contributed by atoms with Gasteiger partial charge in [0.05, 0.1) is 10.7 Å². The van der Waals surface area contributed by atoms with E-state index >= 15 is 0 Å². The van der Waals surface area contributed by atoms with Crippen LogP contribution in [0.2, 0.25) is 5.02 Å². The number of hydrogen-bond donors (Lipinski definition) is 4. The summed E-state index contributed by atoms with van der Waals surface area (Å²) in [4.78, 5) is 54.3. The van der Waals surface area contributed by atoms with Crippen LogP contribution in [0.4, 0.5) is 10.5 Å². The van der Waals surface area contributed by atoms with Gasteiger partial charge in [0.2, 0.25) is 11.8 Å². The van der Waals surface area contributed by atoms with Crippen molar-refractivity contribution < 1.29 is 29.0 Å². The topological polar surface area (TPSA) is 151 Å². The fourth-order valence-corrected chi connectivity index (χ4v) is 4.47. The van der Waals surface area contributed by atoms with E-state index in [0.29, 0.717) is 28.3 Å². The van der Waals surface area contributed by atoms with E-state index in [2.05, 4.69) is 10.6 Å². The van der Waals surface area contributed by atoms with Crippen LogP contribution < -0.4 is 16.4 Å². The molecule has 2 unspecified atom stereocenters. The van der Waals surface area contributed by atoms with Crippen molar-refractivity contribution >= 4 is 41.1 Å². The van der Waals surface area contributed by atoms with Crippen molar-refractivity contribution in [2.75, 3.05) is 5.32 Å². The molecule has 0 aliphatic rings. The molecule has 41 heavy (non-hydrogen) atoms. The van der Waals surface area contributed by atoms with Gasteiger partial charge in [0.25, 0.3) is 5.91 Å². The number of aryl methyl sites for hydroxylation is 1. The Kier molecular flexibility index (Phi) is 11.2. The number of nitrogens with two attached hydrogens (primary N) is 1. The van der Waals surface area contributed by atoms with E-state index in [1.54, 1.807) is 71.9 Å². The van der Waals surface area contributed by atoms with Gasteiger partial charge in [-0.05, 0) is 83.7 Å². The molecule has 0 heterocycles. The van der Waals surface area contributed by atoms with E-state index in [9.17, 15) is 24.3 Å². The molecule has 0 saturated heterocycles. The second kappa shape index (κ2) is 13.7. The number of hydrogen-bond acceptors (Lipinski definition) is 6. The van der Waals surface area contributed by atoms with Crippen LogP contribution >= 0.6 is 11.6 Å². The predicted octanol–water partition coefficient (Wildman–Crippen LogP) is 5.21. The van der Waals surface area contributed by atoms with Crippen LogP contribution in [0.3, 0.4) is 0 Å². The third-order valence-electron chi connectivity index (χ3n) is 6.59. The average Bonchev–Trinajstić information content (AvgIpc) is 2.85. The standard InChI is InChI=1S/C30H41ClN4O6/c1-8-30(6,7)35(27(39)22(15-16-23(32)37)33-28(40)41-29(3,4)5)25(19-12-10-13-20(36)17-19)26(38)34-24-18(2)11-9-14-21(24)31/h9-14,17,22,25,36H,8,15-16H2,1-7H3,(H2,32,37)(H,33,40)(H,34,38). The second-order valence-electron chi connectivity index (χ2n) is 11.5. The predicted molar refractivity (Wildman–Crippen MR) is 158 cm³/mol. The average molecular weight is 589 g/mol. The highest BCUT2D eigenvalue weighted by atomic mass is 35.5. The molecule has 0 aromatic heterocycles. The van der Waals surface area contributed by atoms with E-state index in [4.69, 9.17) is 22.1 Å². The van der Waals surface area contributed by atoms with Gasteiger partial charge < -0.3 is 31.1 Å². The lowest BCUT2D eigenvalue weighted by Gasteiger charge is -2.44. The third kappa shape index (κ3) is 9.38. The maximum absolute atomic E-state index is 14.4. The zero-order valence-corrected chi connectivity index (χ0v) is 25.5. The third-order valence-corrected chi connectivity index (χ3v) is 6.90. The van der Waals surface area contributed by atoms with E-state index < -0.39 is 47.0 Å². The van der Waals surface area contributed by atoms with E-state index in [1.165, 1.54) is 17.0 Å². The minimum Gasteiger partial charge on any atom is -0.508 e. The molecule has 0 aliphatic carbocycles. The number of rotatable bonds is 11. The monoisotopic (exact) mass is 588 g/mol. The maximum Gasteiger partial charge on any atom is 0.408 e. The summed E-state index contributed by atoms with van der Waals surface area (Å²) in [5, 5.41) is 16.0. The Hall–Kier alpha value is -3.79. The lowest BCUT2D eigenvalue weighted by atomic mass is 9.91. The lowest BCUT2D eigenvalue weighted by Crippen LogP contribution is -2.59. The zero-order valence-electron chi connectivity index (χ0n) is 24.7. The summed E-state index contributed by atoms with van der Waals surface area (Å²) >= 11 is 6.40. The van der Waals surface area contributed by atoms with Crippen LogP contribution in [-0.2, 0) is 19.1 Å². The number of phenols is 1. The van der Waals surface area contributed by atoms with Gasteiger partial charge in [-0.25, -0.2) is 4.79 Å². The minimum absolute atomic E-state index is 0.104. The highest BCUT2D eigenvalue weighted by molar-refractivity contribution is 6.34. The van der Waals surface area contributed by atoms with E-state index in [1.807, 2.05) is 6.92 Å². The first-order valence-corrected chi connectivity index (χ1v) is 13.8. The number of alkyl carbamates (subject to hydrolysis) is 1. The number of primary amides is 1. The number of nitrogens with zero attached hydrogens (tertiary/aromatic N) is 1. The number of ether oxygens (including phenoxy) is 1. The number of amides is 4. The molecule has 4 amide bonds. The highest BCUT2D eigenvalue weighted by Crippen LogP contribution is 2.35. The Bertz CT molecular complexity index is 1250. The summed E-state index contributed by atoms with van der Waals surface area (Å²) in [5.41, 5.74) is 5.00. The Balaban J connectivity index is 2.69. The first-order valence-electron chi connectivity index (χ1n) is 13.4. The number of anilines is 1. The number of benzene rings is 2. The van der Waals surface area contributed by atoms with Crippen molar-refractivity contribution in [3.05, 3.63) is 58.6 Å². The summed E-state index contributed by atoms with van der Waals surface area (Å²) in [6.07, 6.45) is -0.767. The molecule has 0 spiro atoms. The summed E-state index contributed by atoms with van der Waals surface area (Å²) < 4.78 is 5.37. The summed E-state index contributed by atoms with van der Waals surface area (Å²) in [7, 11) is 0. The normalized spacial score (nSPS) is 13.1. The van der Waals surface area contributed by atoms with Gasteiger partial charge in [-0.2, -0.15) is 0 Å². The van der Waals surface area contributed by atoms with Crippen molar-refractivity contribution in [3.63, 3.8) is 0 Å². The zero-order chi connectivity index (χ0) is 31.1. The molecule has 2 atom stereocenters. The van der Waals surface area contributed by atoms with Crippen LogP contribution in [0, 0.1) is 6.92 Å². The van der Waals surface area contributed by atoms with Gasteiger partial charge in [0.1, 0.15) is 23.4 Å². The maximum atomic E-state index is 14.4. The highest BCUT2D eigenvalue weighted by Gasteiger charge is 2.43. The van der Waals surface area contributed by atoms with Gasteiger partial charge in [0.15, 0.2) is 0 Å². The largest absolute Gasteiger partial charge is 0.508 e. The van der Waals surface area contributed by atoms with Crippen LogP contribution in [0.15, 0.2) is 42.5 Å². The molecule has 0 fully saturated rings.